The number of hydrogen-bond donors (Lipinski definition) is 0. The zero-order valence-corrected chi connectivity index (χ0v) is 24.3. The van der Waals surface area contributed by atoms with Gasteiger partial charge in [0.25, 0.3) is 17.7 Å². The number of imide groups is 1. The minimum atomic E-state index is -1.37. The van der Waals surface area contributed by atoms with Crippen molar-refractivity contribution < 1.29 is 33.0 Å². The van der Waals surface area contributed by atoms with E-state index in [1.54, 1.807) is 19.1 Å². The molecule has 8 nitrogen and oxygen atoms in total. The third-order valence-corrected chi connectivity index (χ3v) is 8.74. The molecule has 208 valence electrons. The van der Waals surface area contributed by atoms with Gasteiger partial charge in [0.2, 0.25) is 5.75 Å². The second kappa shape index (κ2) is 10.3. The Labute approximate surface area is 248 Å². The molecule has 0 N–H and O–H groups in total. The SMILES string of the molecule is COc1cc([C@@H]2[C@H](N3C(=O)c4c(Cl)c(Cl)c(Cl)c(Cl)c4C3=O)C(=O)N2c2cc(F)ccc2C)cc(OC)c1OC. The molecule has 3 amide bonds. The molecule has 0 aliphatic carbocycles. The number of amides is 3. The van der Waals surface area contributed by atoms with Gasteiger partial charge in [0.15, 0.2) is 11.5 Å². The lowest BCUT2D eigenvalue weighted by Crippen LogP contribution is -2.67. The van der Waals surface area contributed by atoms with Gasteiger partial charge in [-0.2, -0.15) is 0 Å². The zero-order valence-electron chi connectivity index (χ0n) is 21.3. The third-order valence-electron chi connectivity index (χ3n) is 6.94. The first kappa shape index (κ1) is 28.3. The van der Waals surface area contributed by atoms with Gasteiger partial charge >= 0.3 is 0 Å². The van der Waals surface area contributed by atoms with Gasteiger partial charge < -0.3 is 19.1 Å². The maximum atomic E-state index is 14.4. The number of carbonyl (C=O) groups is 3. The van der Waals surface area contributed by atoms with Crippen LogP contribution in [0.25, 0.3) is 0 Å². The molecule has 0 aromatic heterocycles. The van der Waals surface area contributed by atoms with Crippen LogP contribution in [0.5, 0.6) is 17.2 Å². The molecule has 2 heterocycles. The van der Waals surface area contributed by atoms with Gasteiger partial charge in [-0.1, -0.05) is 52.5 Å². The minimum absolute atomic E-state index is 0.201. The molecule has 1 fully saturated rings. The van der Waals surface area contributed by atoms with Gasteiger partial charge in [0.05, 0.1) is 64.3 Å². The van der Waals surface area contributed by atoms with E-state index in [4.69, 9.17) is 60.6 Å². The normalized spacial score (nSPS) is 18.2. The Bertz CT molecular complexity index is 1560. The lowest BCUT2D eigenvalue weighted by molar-refractivity contribution is -0.130. The number of nitrogens with zero attached hydrogens (tertiary/aromatic N) is 2. The molecule has 2 aliphatic heterocycles. The molecule has 40 heavy (non-hydrogen) atoms. The highest BCUT2D eigenvalue weighted by atomic mass is 35.5. The first-order valence-electron chi connectivity index (χ1n) is 11.6. The average Bonchev–Trinajstić information content (AvgIpc) is 3.19. The van der Waals surface area contributed by atoms with Crippen LogP contribution >= 0.6 is 46.4 Å². The molecule has 3 aromatic rings. The molecule has 0 bridgehead atoms. The van der Waals surface area contributed by atoms with Crippen LogP contribution in [0.2, 0.25) is 20.1 Å². The molecule has 2 aliphatic rings. The molecule has 3 aromatic carbocycles. The number of ether oxygens (including phenoxy) is 3. The topological polar surface area (TPSA) is 85.4 Å². The summed E-state index contributed by atoms with van der Waals surface area (Å²) in [6, 6.07) is 4.77. The van der Waals surface area contributed by atoms with Gasteiger partial charge in [-0.05, 0) is 42.3 Å². The van der Waals surface area contributed by atoms with E-state index in [-0.39, 0.29) is 54.2 Å². The lowest BCUT2D eigenvalue weighted by atomic mass is 9.85. The highest BCUT2D eigenvalue weighted by molar-refractivity contribution is 6.55. The van der Waals surface area contributed by atoms with Gasteiger partial charge in [-0.15, -0.1) is 0 Å². The maximum absolute atomic E-state index is 14.4. The van der Waals surface area contributed by atoms with Gasteiger partial charge in [0.1, 0.15) is 11.9 Å². The zero-order chi connectivity index (χ0) is 29.2. The van der Waals surface area contributed by atoms with Crippen molar-refractivity contribution >= 4 is 69.8 Å². The summed E-state index contributed by atoms with van der Waals surface area (Å²) in [5, 5.41) is -0.928. The number of carbonyl (C=O) groups excluding carboxylic acids is 3. The van der Waals surface area contributed by atoms with E-state index >= 15 is 0 Å². The Hall–Kier alpha value is -3.24. The van der Waals surface area contributed by atoms with Gasteiger partial charge in [0, 0.05) is 0 Å². The van der Waals surface area contributed by atoms with Crippen LogP contribution in [0.3, 0.4) is 0 Å². The molecule has 2 atom stereocenters. The largest absolute Gasteiger partial charge is 0.493 e. The smallest absolute Gasteiger partial charge is 0.264 e. The predicted molar refractivity (Wildman–Crippen MR) is 148 cm³/mol. The van der Waals surface area contributed by atoms with Gasteiger partial charge in [-0.25, -0.2) is 4.39 Å². The Balaban J connectivity index is 1.71. The monoisotopic (exact) mass is 626 g/mol. The van der Waals surface area contributed by atoms with E-state index in [0.717, 1.165) is 4.90 Å². The van der Waals surface area contributed by atoms with E-state index in [1.165, 1.54) is 44.4 Å². The summed E-state index contributed by atoms with van der Waals surface area (Å²) in [5.74, 6) is -2.17. The first-order chi connectivity index (χ1) is 19.0. The number of rotatable bonds is 6. The number of β-lactam (4-membered cyclic amide) rings is 1. The quantitative estimate of drug-likeness (QED) is 0.134. The van der Waals surface area contributed by atoms with Crippen molar-refractivity contribution in [3.63, 3.8) is 0 Å². The Morgan fingerprint density at radius 2 is 1.25 bits per heavy atom. The van der Waals surface area contributed by atoms with Crippen molar-refractivity contribution in [2.24, 2.45) is 0 Å². The number of halogens is 5. The van der Waals surface area contributed by atoms with Crippen LogP contribution in [-0.4, -0.2) is 50.0 Å². The lowest BCUT2D eigenvalue weighted by Gasteiger charge is -2.50. The summed E-state index contributed by atoms with van der Waals surface area (Å²) in [7, 11) is 4.27. The van der Waals surface area contributed by atoms with E-state index < -0.39 is 35.6 Å². The molecule has 0 unspecified atom stereocenters. The summed E-state index contributed by atoms with van der Waals surface area (Å²) in [5.41, 5.74) is 0.717. The molecule has 0 saturated carbocycles. The highest BCUT2D eigenvalue weighted by Gasteiger charge is 2.59. The van der Waals surface area contributed by atoms with Crippen molar-refractivity contribution in [1.29, 1.82) is 0 Å². The molecular weight excluding hydrogens is 609 g/mol. The third kappa shape index (κ3) is 3.98. The maximum Gasteiger partial charge on any atom is 0.264 e. The number of anilines is 1. The fourth-order valence-electron chi connectivity index (χ4n) is 5.06. The highest BCUT2D eigenvalue weighted by Crippen LogP contribution is 2.51. The summed E-state index contributed by atoms with van der Waals surface area (Å²) in [6.07, 6.45) is 0. The molecule has 13 heteroatoms. The van der Waals surface area contributed by atoms with Crippen molar-refractivity contribution in [3.05, 3.63) is 78.5 Å². The summed E-state index contributed by atoms with van der Waals surface area (Å²) >= 11 is 24.9. The minimum Gasteiger partial charge on any atom is -0.493 e. The van der Waals surface area contributed by atoms with Crippen molar-refractivity contribution in [2.45, 2.75) is 19.0 Å². The Kier molecular flexibility index (Phi) is 7.29. The van der Waals surface area contributed by atoms with Crippen molar-refractivity contribution in [1.82, 2.24) is 4.90 Å². The Morgan fingerprint density at radius 1 is 0.725 bits per heavy atom. The fraction of sp³-hybridized carbons (Fsp3) is 0.222. The first-order valence-corrected chi connectivity index (χ1v) is 13.1. The molecular formula is C27H19Cl4FN2O6. The molecule has 0 radical (unpaired) electrons. The van der Waals surface area contributed by atoms with E-state index in [0.29, 0.717) is 11.1 Å². The second-order valence-electron chi connectivity index (χ2n) is 8.97. The van der Waals surface area contributed by atoms with Crippen LogP contribution in [0.1, 0.15) is 37.9 Å². The van der Waals surface area contributed by atoms with Crippen LogP contribution in [0, 0.1) is 12.7 Å². The summed E-state index contributed by atoms with van der Waals surface area (Å²) in [6.45, 7) is 1.70. The van der Waals surface area contributed by atoms with Crippen LogP contribution in [0.4, 0.5) is 10.1 Å². The Morgan fingerprint density at radius 3 is 1.73 bits per heavy atom. The van der Waals surface area contributed by atoms with E-state index in [2.05, 4.69) is 0 Å². The summed E-state index contributed by atoms with van der Waals surface area (Å²) < 4.78 is 30.7. The van der Waals surface area contributed by atoms with E-state index in [9.17, 15) is 18.8 Å². The van der Waals surface area contributed by atoms with Crippen LogP contribution in [-0.2, 0) is 4.79 Å². The van der Waals surface area contributed by atoms with Crippen molar-refractivity contribution in [3.8, 4) is 17.2 Å². The second-order valence-corrected chi connectivity index (χ2v) is 10.5. The predicted octanol–water partition coefficient (Wildman–Crippen LogP) is 6.53. The van der Waals surface area contributed by atoms with Crippen LogP contribution < -0.4 is 19.1 Å². The summed E-state index contributed by atoms with van der Waals surface area (Å²) in [4.78, 5) is 43.2. The van der Waals surface area contributed by atoms with Crippen molar-refractivity contribution in [2.75, 3.05) is 26.2 Å². The van der Waals surface area contributed by atoms with Gasteiger partial charge in [-0.3, -0.25) is 19.3 Å². The number of methoxy groups -OCH3 is 3. The van der Waals surface area contributed by atoms with E-state index in [1.807, 2.05) is 0 Å². The molecule has 5 rings (SSSR count). The number of fused-ring (bicyclic) bond motifs is 1. The average molecular weight is 628 g/mol. The standard InChI is InChI=1S/C27H19Cl4FN2O6/c1-10-5-6-12(32)9-13(10)33-22(11-7-14(38-2)24(40-4)15(8-11)39-3)23(27(33)37)34-25(35)16-17(26(34)36)19(29)21(31)20(30)18(16)28/h5-9,22-23H,1-4H3/t22-,23+/m1/s1. The van der Waals surface area contributed by atoms with Crippen LogP contribution in [0.15, 0.2) is 30.3 Å². The molecule has 0 spiro atoms. The number of hydrogen-bond acceptors (Lipinski definition) is 6. The number of benzene rings is 3. The number of aryl methyl sites for hydroxylation is 1. The fourth-order valence-corrected chi connectivity index (χ4v) is 6.07. The molecule has 1 saturated heterocycles.